The zero-order valence-electron chi connectivity index (χ0n) is 12.0. The summed E-state index contributed by atoms with van der Waals surface area (Å²) >= 11 is 0. The van der Waals surface area contributed by atoms with E-state index in [-0.39, 0.29) is 17.7 Å². The monoisotopic (exact) mass is 287 g/mol. The maximum atomic E-state index is 13.7. The van der Waals surface area contributed by atoms with Gasteiger partial charge in [-0.3, -0.25) is 4.79 Å². The molecule has 0 bridgehead atoms. The lowest BCUT2D eigenvalue weighted by atomic mass is 10.0. The Labute approximate surface area is 116 Å². The Kier molecular flexibility index (Phi) is 5.05. The van der Waals surface area contributed by atoms with Crippen LogP contribution in [0.2, 0.25) is 0 Å². The van der Waals surface area contributed by atoms with Crippen molar-refractivity contribution >= 4 is 5.97 Å². The number of carbonyl (C=O) groups excluding carboxylic acids is 1. The molecule has 0 aromatic heterocycles. The Bertz CT molecular complexity index is 475. The van der Waals surface area contributed by atoms with E-state index in [9.17, 15) is 13.6 Å². The molecule has 6 heteroatoms. The van der Waals surface area contributed by atoms with Crippen molar-refractivity contribution in [2.24, 2.45) is 5.73 Å². The van der Waals surface area contributed by atoms with Crippen molar-refractivity contribution in [3.63, 3.8) is 0 Å². The number of esters is 1. The number of ether oxygens (including phenoxy) is 2. The fraction of sp³-hybridized carbons (Fsp3) is 0.500. The van der Waals surface area contributed by atoms with Gasteiger partial charge < -0.3 is 15.2 Å². The highest BCUT2D eigenvalue weighted by molar-refractivity contribution is 5.76. The molecule has 0 aliphatic carbocycles. The Morgan fingerprint density at radius 1 is 1.30 bits per heavy atom. The molecule has 0 fully saturated rings. The van der Waals surface area contributed by atoms with Crippen LogP contribution >= 0.6 is 0 Å². The lowest BCUT2D eigenvalue weighted by Crippen LogP contribution is -2.39. The minimum Gasteiger partial charge on any atom is -0.497 e. The van der Waals surface area contributed by atoms with E-state index in [2.05, 4.69) is 0 Å². The van der Waals surface area contributed by atoms with Gasteiger partial charge in [0, 0.05) is 24.1 Å². The van der Waals surface area contributed by atoms with E-state index in [1.54, 1.807) is 20.8 Å². The van der Waals surface area contributed by atoms with Crippen molar-refractivity contribution in [2.75, 3.05) is 7.11 Å². The first kappa shape index (κ1) is 16.4. The number of halogens is 2. The molecule has 0 saturated heterocycles. The van der Waals surface area contributed by atoms with Crippen LogP contribution < -0.4 is 10.5 Å². The lowest BCUT2D eigenvalue weighted by Gasteiger charge is -2.22. The first-order valence-electron chi connectivity index (χ1n) is 6.14. The van der Waals surface area contributed by atoms with E-state index in [1.165, 1.54) is 7.11 Å². The van der Waals surface area contributed by atoms with Crippen molar-refractivity contribution in [1.82, 2.24) is 0 Å². The number of benzene rings is 1. The van der Waals surface area contributed by atoms with Gasteiger partial charge in [-0.2, -0.15) is 0 Å². The molecule has 112 valence electrons. The van der Waals surface area contributed by atoms with Crippen LogP contribution in [0.4, 0.5) is 8.78 Å². The molecule has 0 aliphatic heterocycles. The van der Waals surface area contributed by atoms with Gasteiger partial charge in [0.15, 0.2) is 0 Å². The second-order valence-corrected chi connectivity index (χ2v) is 5.41. The molecule has 4 nitrogen and oxygen atoms in total. The predicted molar refractivity (Wildman–Crippen MR) is 70.4 cm³/mol. The van der Waals surface area contributed by atoms with Gasteiger partial charge in [0.25, 0.3) is 0 Å². The van der Waals surface area contributed by atoms with E-state index in [0.29, 0.717) is 0 Å². The lowest BCUT2D eigenvalue weighted by molar-refractivity contribution is -0.156. The Morgan fingerprint density at radius 3 is 2.20 bits per heavy atom. The van der Waals surface area contributed by atoms with Crippen LogP contribution in [0, 0.1) is 11.6 Å². The summed E-state index contributed by atoms with van der Waals surface area (Å²) < 4.78 is 37.3. The van der Waals surface area contributed by atoms with Crippen molar-refractivity contribution in [1.29, 1.82) is 0 Å². The van der Waals surface area contributed by atoms with E-state index >= 15 is 0 Å². The van der Waals surface area contributed by atoms with Crippen LogP contribution in [0.1, 0.15) is 26.3 Å². The average molecular weight is 287 g/mol. The molecule has 0 unspecified atom stereocenters. The molecule has 2 N–H and O–H groups in total. The average Bonchev–Trinajstić information content (AvgIpc) is 2.30. The molecule has 1 atom stereocenters. The predicted octanol–water partition coefficient (Wildman–Crippen LogP) is 2.18. The molecule has 20 heavy (non-hydrogen) atoms. The van der Waals surface area contributed by atoms with E-state index in [0.717, 1.165) is 12.1 Å². The van der Waals surface area contributed by atoms with Gasteiger partial charge in [0.1, 0.15) is 29.0 Å². The van der Waals surface area contributed by atoms with Gasteiger partial charge in [0.05, 0.1) is 7.11 Å². The SMILES string of the molecule is COc1cc(F)c(C[C@H](N)C(=O)OC(C)(C)C)c(F)c1. The van der Waals surface area contributed by atoms with Crippen LogP contribution in [0.25, 0.3) is 0 Å². The Balaban J connectivity index is 2.86. The summed E-state index contributed by atoms with van der Waals surface area (Å²) in [6, 6.07) is 0.951. The second kappa shape index (κ2) is 6.17. The van der Waals surface area contributed by atoms with Crippen LogP contribution in [-0.2, 0) is 16.0 Å². The van der Waals surface area contributed by atoms with Gasteiger partial charge in [0.2, 0.25) is 0 Å². The molecular formula is C14H19F2NO3. The molecule has 0 radical (unpaired) electrons. The summed E-state index contributed by atoms with van der Waals surface area (Å²) in [7, 11) is 1.31. The molecular weight excluding hydrogens is 268 g/mol. The van der Waals surface area contributed by atoms with Crippen LogP contribution in [0.5, 0.6) is 5.75 Å². The number of rotatable bonds is 4. The molecule has 1 rings (SSSR count). The van der Waals surface area contributed by atoms with E-state index < -0.39 is 29.2 Å². The molecule has 0 aliphatic rings. The molecule has 0 spiro atoms. The summed E-state index contributed by atoms with van der Waals surface area (Å²) in [5.74, 6) is -2.25. The summed E-state index contributed by atoms with van der Waals surface area (Å²) in [4.78, 5) is 11.7. The zero-order valence-corrected chi connectivity index (χ0v) is 12.0. The van der Waals surface area contributed by atoms with E-state index in [4.69, 9.17) is 15.2 Å². The smallest absolute Gasteiger partial charge is 0.323 e. The fourth-order valence-corrected chi connectivity index (χ4v) is 1.57. The van der Waals surface area contributed by atoms with Crippen molar-refractivity contribution < 1.29 is 23.0 Å². The van der Waals surface area contributed by atoms with Crippen LogP contribution in [0.3, 0.4) is 0 Å². The van der Waals surface area contributed by atoms with Gasteiger partial charge in [-0.1, -0.05) is 0 Å². The summed E-state index contributed by atoms with van der Waals surface area (Å²) in [5, 5.41) is 0. The summed E-state index contributed by atoms with van der Waals surface area (Å²) in [6.45, 7) is 5.06. The largest absolute Gasteiger partial charge is 0.497 e. The third-order valence-corrected chi connectivity index (χ3v) is 2.48. The second-order valence-electron chi connectivity index (χ2n) is 5.41. The van der Waals surface area contributed by atoms with Crippen molar-refractivity contribution in [3.8, 4) is 5.75 Å². The Morgan fingerprint density at radius 2 is 1.80 bits per heavy atom. The summed E-state index contributed by atoms with van der Waals surface area (Å²) in [5.41, 5.74) is 4.66. The molecule has 0 amide bonds. The number of methoxy groups -OCH3 is 1. The first-order valence-corrected chi connectivity index (χ1v) is 6.14. The van der Waals surface area contributed by atoms with Crippen molar-refractivity contribution in [2.45, 2.75) is 38.8 Å². The normalized spacial score (nSPS) is 12.9. The first-order chi connectivity index (χ1) is 9.14. The molecule has 0 heterocycles. The highest BCUT2D eigenvalue weighted by atomic mass is 19.1. The maximum Gasteiger partial charge on any atom is 0.323 e. The maximum absolute atomic E-state index is 13.7. The number of carbonyl (C=O) groups is 1. The highest BCUT2D eigenvalue weighted by Gasteiger charge is 2.24. The van der Waals surface area contributed by atoms with Gasteiger partial charge in [-0.25, -0.2) is 8.78 Å². The molecule has 1 aromatic rings. The summed E-state index contributed by atoms with van der Waals surface area (Å²) in [6.07, 6.45) is -0.281. The number of hydrogen-bond donors (Lipinski definition) is 1. The fourth-order valence-electron chi connectivity index (χ4n) is 1.57. The van der Waals surface area contributed by atoms with Gasteiger partial charge in [-0.15, -0.1) is 0 Å². The molecule has 0 saturated carbocycles. The zero-order chi connectivity index (χ0) is 15.5. The van der Waals surface area contributed by atoms with E-state index in [1.807, 2.05) is 0 Å². The van der Waals surface area contributed by atoms with Crippen molar-refractivity contribution in [3.05, 3.63) is 29.3 Å². The Hall–Kier alpha value is -1.69. The minimum absolute atomic E-state index is 0.0644. The standard InChI is InChI=1S/C14H19F2NO3/c1-14(2,3)20-13(18)12(17)7-9-10(15)5-8(19-4)6-11(9)16/h5-6,12H,7,17H2,1-4H3/t12-/m0/s1. The minimum atomic E-state index is -1.13. The topological polar surface area (TPSA) is 61.5 Å². The van der Waals surface area contributed by atoms with Gasteiger partial charge >= 0.3 is 5.97 Å². The number of nitrogens with two attached hydrogens (primary N) is 1. The quantitative estimate of drug-likeness (QED) is 0.862. The van der Waals surface area contributed by atoms with Gasteiger partial charge in [-0.05, 0) is 20.8 Å². The third kappa shape index (κ3) is 4.45. The van der Waals surface area contributed by atoms with Crippen LogP contribution in [-0.4, -0.2) is 24.7 Å². The molecule has 1 aromatic carbocycles. The number of hydrogen-bond acceptors (Lipinski definition) is 4. The third-order valence-electron chi connectivity index (χ3n) is 2.48. The van der Waals surface area contributed by atoms with Crippen LogP contribution in [0.15, 0.2) is 12.1 Å². The highest BCUT2D eigenvalue weighted by Crippen LogP contribution is 2.22.